The van der Waals surface area contributed by atoms with Crippen LogP contribution in [0.3, 0.4) is 0 Å². The first kappa shape index (κ1) is 17.2. The van der Waals surface area contributed by atoms with Gasteiger partial charge in [-0.1, -0.05) is 30.3 Å². The van der Waals surface area contributed by atoms with Crippen molar-refractivity contribution in [2.75, 3.05) is 7.11 Å². The number of hydrogen-bond acceptors (Lipinski definition) is 4. The minimum atomic E-state index is -0.143. The minimum absolute atomic E-state index is 0.143. The lowest BCUT2D eigenvalue weighted by molar-refractivity contribution is 0.414. The Labute approximate surface area is 166 Å². The van der Waals surface area contributed by atoms with Crippen molar-refractivity contribution in [3.8, 4) is 11.4 Å². The predicted molar refractivity (Wildman–Crippen MR) is 113 cm³/mol. The molecule has 0 spiro atoms. The van der Waals surface area contributed by atoms with E-state index in [1.54, 1.807) is 17.9 Å². The van der Waals surface area contributed by atoms with Crippen molar-refractivity contribution in [1.82, 2.24) is 19.7 Å². The number of aromatic nitrogens is 4. The summed E-state index contributed by atoms with van der Waals surface area (Å²) in [4.78, 5) is 18.1. The number of benzene rings is 2. The summed E-state index contributed by atoms with van der Waals surface area (Å²) in [5.74, 6) is 0.730. The fraction of sp³-hybridized carbons (Fsp3) is 0.0870. The number of hydrogen-bond donors (Lipinski definition) is 1. The first-order valence-electron chi connectivity index (χ1n) is 9.31. The number of nitrogens with zero attached hydrogens (tertiary/aromatic N) is 3. The third-order valence-electron chi connectivity index (χ3n) is 5.07. The van der Waals surface area contributed by atoms with Crippen molar-refractivity contribution < 1.29 is 4.74 Å². The van der Waals surface area contributed by atoms with Gasteiger partial charge < -0.3 is 4.74 Å². The van der Waals surface area contributed by atoms with Crippen molar-refractivity contribution in [3.63, 3.8) is 0 Å². The lowest BCUT2D eigenvalue weighted by Gasteiger charge is -2.11. The summed E-state index contributed by atoms with van der Waals surface area (Å²) in [7, 11) is 1.62. The SMILES string of the molecule is COc1ccc(-n2c(=O)c3c(Cc4ccccc4)n[nH]c3c3cccnc32)cc1. The zero-order valence-corrected chi connectivity index (χ0v) is 15.8. The predicted octanol–water partition coefficient (Wildman–Crippen LogP) is 3.86. The van der Waals surface area contributed by atoms with E-state index in [2.05, 4.69) is 15.2 Å². The molecule has 5 aromatic rings. The first-order chi connectivity index (χ1) is 14.3. The zero-order valence-electron chi connectivity index (χ0n) is 15.8. The molecule has 0 fully saturated rings. The standard InChI is InChI=1S/C23H18N4O2/c1-29-17-11-9-16(10-12-17)27-22-18(8-5-13-24-22)21-20(23(27)28)19(25-26-21)14-15-6-3-2-4-7-15/h2-13H,14H2,1H3,(H,25,26). The van der Waals surface area contributed by atoms with E-state index < -0.39 is 0 Å². The number of methoxy groups -OCH3 is 1. The van der Waals surface area contributed by atoms with Gasteiger partial charge in [-0.05, 0) is 42.0 Å². The van der Waals surface area contributed by atoms with E-state index >= 15 is 0 Å². The van der Waals surface area contributed by atoms with Crippen LogP contribution in [0.15, 0.2) is 77.7 Å². The van der Waals surface area contributed by atoms with Crippen LogP contribution in [0.4, 0.5) is 0 Å². The fourth-order valence-corrected chi connectivity index (χ4v) is 3.67. The van der Waals surface area contributed by atoms with Gasteiger partial charge in [-0.3, -0.25) is 14.5 Å². The highest BCUT2D eigenvalue weighted by Gasteiger charge is 2.18. The second-order valence-corrected chi connectivity index (χ2v) is 6.80. The summed E-state index contributed by atoms with van der Waals surface area (Å²) < 4.78 is 6.89. The first-order valence-corrected chi connectivity index (χ1v) is 9.31. The maximum absolute atomic E-state index is 13.6. The molecule has 0 atom stereocenters. The summed E-state index contributed by atoms with van der Waals surface area (Å²) >= 11 is 0. The number of ether oxygens (including phenoxy) is 1. The molecule has 29 heavy (non-hydrogen) atoms. The van der Waals surface area contributed by atoms with Gasteiger partial charge in [-0.2, -0.15) is 5.10 Å². The van der Waals surface area contributed by atoms with Gasteiger partial charge in [0.1, 0.15) is 11.4 Å². The van der Waals surface area contributed by atoms with Crippen LogP contribution >= 0.6 is 0 Å². The van der Waals surface area contributed by atoms with Crippen LogP contribution in [0.25, 0.3) is 27.6 Å². The van der Waals surface area contributed by atoms with E-state index in [-0.39, 0.29) is 5.56 Å². The van der Waals surface area contributed by atoms with E-state index in [0.29, 0.717) is 23.0 Å². The molecule has 0 aliphatic heterocycles. The number of fused-ring (bicyclic) bond motifs is 3. The molecule has 0 amide bonds. The monoisotopic (exact) mass is 382 g/mol. The van der Waals surface area contributed by atoms with E-state index in [4.69, 9.17) is 4.74 Å². The van der Waals surface area contributed by atoms with Gasteiger partial charge in [0.05, 0.1) is 29.4 Å². The van der Waals surface area contributed by atoms with Crippen molar-refractivity contribution in [2.45, 2.75) is 6.42 Å². The second kappa shape index (κ2) is 6.91. The second-order valence-electron chi connectivity index (χ2n) is 6.80. The maximum atomic E-state index is 13.6. The number of nitrogens with one attached hydrogen (secondary N) is 1. The number of rotatable bonds is 4. The summed E-state index contributed by atoms with van der Waals surface area (Å²) in [5, 5.41) is 8.98. The van der Waals surface area contributed by atoms with E-state index in [1.165, 1.54) is 0 Å². The van der Waals surface area contributed by atoms with Crippen LogP contribution in [0.2, 0.25) is 0 Å². The van der Waals surface area contributed by atoms with Gasteiger partial charge in [0.2, 0.25) is 0 Å². The molecule has 0 saturated carbocycles. The van der Waals surface area contributed by atoms with Crippen LogP contribution in [-0.2, 0) is 6.42 Å². The quantitative estimate of drug-likeness (QED) is 0.512. The molecular weight excluding hydrogens is 364 g/mol. The zero-order chi connectivity index (χ0) is 19.8. The summed E-state index contributed by atoms with van der Waals surface area (Å²) in [5.41, 5.74) is 3.72. The Morgan fingerprint density at radius 1 is 1.00 bits per heavy atom. The van der Waals surface area contributed by atoms with Gasteiger partial charge in [-0.25, -0.2) is 4.98 Å². The molecule has 1 N–H and O–H groups in total. The van der Waals surface area contributed by atoms with E-state index in [9.17, 15) is 4.79 Å². The Kier molecular flexibility index (Phi) is 4.09. The van der Waals surface area contributed by atoms with E-state index in [1.807, 2.05) is 66.7 Å². The molecular formula is C23H18N4O2. The average Bonchev–Trinajstić information content (AvgIpc) is 3.19. The Balaban J connectivity index is 1.80. The molecule has 0 bridgehead atoms. The maximum Gasteiger partial charge on any atom is 0.268 e. The number of aromatic amines is 1. The number of H-pyrrole nitrogens is 1. The molecule has 6 nitrogen and oxygen atoms in total. The highest BCUT2D eigenvalue weighted by molar-refractivity contribution is 6.03. The Bertz CT molecular complexity index is 1370. The summed E-state index contributed by atoms with van der Waals surface area (Å²) in [6, 6.07) is 21.2. The Hall–Kier alpha value is -3.93. The molecule has 6 heteroatoms. The lowest BCUT2D eigenvalue weighted by Crippen LogP contribution is -2.20. The lowest BCUT2D eigenvalue weighted by atomic mass is 10.1. The van der Waals surface area contributed by atoms with Gasteiger partial charge in [-0.15, -0.1) is 0 Å². The van der Waals surface area contributed by atoms with Crippen LogP contribution in [0.5, 0.6) is 5.75 Å². The van der Waals surface area contributed by atoms with Crippen molar-refractivity contribution in [1.29, 1.82) is 0 Å². The molecule has 0 saturated heterocycles. The highest BCUT2D eigenvalue weighted by atomic mass is 16.5. The van der Waals surface area contributed by atoms with Gasteiger partial charge >= 0.3 is 0 Å². The fourth-order valence-electron chi connectivity index (χ4n) is 3.67. The minimum Gasteiger partial charge on any atom is -0.497 e. The molecule has 0 aliphatic carbocycles. The molecule has 3 heterocycles. The smallest absolute Gasteiger partial charge is 0.268 e. The third-order valence-corrected chi connectivity index (χ3v) is 5.07. The molecule has 142 valence electrons. The highest BCUT2D eigenvalue weighted by Crippen LogP contribution is 2.25. The van der Waals surface area contributed by atoms with Gasteiger partial charge in [0, 0.05) is 18.0 Å². The topological polar surface area (TPSA) is 72.8 Å². The third kappa shape index (κ3) is 2.86. The molecule has 0 unspecified atom stereocenters. The normalized spacial score (nSPS) is 11.2. The molecule has 2 aromatic carbocycles. The molecule has 0 aliphatic rings. The largest absolute Gasteiger partial charge is 0.497 e. The van der Waals surface area contributed by atoms with Crippen molar-refractivity contribution >= 4 is 21.9 Å². The molecule has 5 rings (SSSR count). The van der Waals surface area contributed by atoms with Gasteiger partial charge in [0.15, 0.2) is 0 Å². The average molecular weight is 382 g/mol. The Morgan fingerprint density at radius 3 is 2.55 bits per heavy atom. The van der Waals surface area contributed by atoms with Crippen LogP contribution < -0.4 is 10.3 Å². The van der Waals surface area contributed by atoms with Crippen LogP contribution in [0, 0.1) is 0 Å². The summed E-state index contributed by atoms with van der Waals surface area (Å²) in [6.45, 7) is 0. The van der Waals surface area contributed by atoms with Gasteiger partial charge in [0.25, 0.3) is 5.56 Å². The molecule has 3 aromatic heterocycles. The molecule has 0 radical (unpaired) electrons. The van der Waals surface area contributed by atoms with Crippen molar-refractivity contribution in [2.24, 2.45) is 0 Å². The number of pyridine rings is 2. The van der Waals surface area contributed by atoms with Crippen LogP contribution in [0.1, 0.15) is 11.3 Å². The van der Waals surface area contributed by atoms with Crippen LogP contribution in [-0.4, -0.2) is 26.9 Å². The van der Waals surface area contributed by atoms with Crippen molar-refractivity contribution in [3.05, 3.63) is 94.5 Å². The Morgan fingerprint density at radius 2 is 1.79 bits per heavy atom. The van der Waals surface area contributed by atoms with E-state index in [0.717, 1.165) is 28.1 Å². The summed E-state index contributed by atoms with van der Waals surface area (Å²) in [6.07, 6.45) is 2.26.